The smallest absolute Gasteiger partial charge is 0.390 e. The summed E-state index contributed by atoms with van der Waals surface area (Å²) < 4.78 is 60.5. The molecule has 222 valence electrons. The molecule has 6 atom stereocenters. The van der Waals surface area contributed by atoms with E-state index in [2.05, 4.69) is 0 Å². The van der Waals surface area contributed by atoms with Crippen LogP contribution in [0, 0.1) is 0 Å². The van der Waals surface area contributed by atoms with Crippen LogP contribution >= 0.6 is 7.60 Å². The maximum Gasteiger partial charge on any atom is 0.390 e. The van der Waals surface area contributed by atoms with Gasteiger partial charge in [-0.3, -0.25) is 18.9 Å². The first-order valence-electron chi connectivity index (χ1n) is 13.0. The van der Waals surface area contributed by atoms with Gasteiger partial charge in [-0.05, 0) is 11.1 Å². The topological polar surface area (TPSA) is 142 Å². The normalized spacial score (nSPS) is 27.5. The van der Waals surface area contributed by atoms with E-state index in [1.165, 1.54) is 27.7 Å². The molecule has 41 heavy (non-hydrogen) atoms. The van der Waals surface area contributed by atoms with Gasteiger partial charge >= 0.3 is 25.5 Å². The summed E-state index contributed by atoms with van der Waals surface area (Å²) in [5.41, 5.74) is -0.595. The molecule has 2 heterocycles. The zero-order valence-electron chi connectivity index (χ0n) is 23.1. The summed E-state index contributed by atoms with van der Waals surface area (Å²) >= 11 is 0. The van der Waals surface area contributed by atoms with E-state index >= 15 is 0 Å². The number of benzene rings is 2. The molecule has 13 heteroatoms. The molecular weight excluding hydrogens is 559 g/mol. The molecule has 0 bridgehead atoms. The monoisotopic (exact) mass is 592 g/mol. The molecule has 0 aromatic heterocycles. The lowest BCUT2D eigenvalue weighted by Crippen LogP contribution is -2.60. The fourth-order valence-electron chi connectivity index (χ4n) is 4.46. The van der Waals surface area contributed by atoms with Crippen molar-refractivity contribution >= 4 is 25.5 Å². The first-order valence-corrected chi connectivity index (χ1v) is 14.5. The van der Waals surface area contributed by atoms with Crippen molar-refractivity contribution in [2.24, 2.45) is 0 Å². The van der Waals surface area contributed by atoms with E-state index < -0.39 is 61.7 Å². The van der Waals surface area contributed by atoms with Gasteiger partial charge in [0.2, 0.25) is 0 Å². The van der Waals surface area contributed by atoms with E-state index in [0.717, 1.165) is 11.1 Å². The van der Waals surface area contributed by atoms with Gasteiger partial charge in [-0.2, -0.15) is 0 Å². The van der Waals surface area contributed by atoms with Crippen LogP contribution in [0.25, 0.3) is 0 Å². The number of hydrogen-bond acceptors (Lipinski definition) is 12. The van der Waals surface area contributed by atoms with Crippen LogP contribution in [0.3, 0.4) is 0 Å². The largest absolute Gasteiger partial charge is 0.463 e. The first-order chi connectivity index (χ1) is 19.5. The standard InChI is InChI=1S/C28H33O12P/c1-18(29)33-17-23-24(36-19(2)30)25(37-20(3)31)26-27(38-23)40-28(4,39-26)41(32,34-15-21-11-7-5-8-12-21)35-16-22-13-9-6-10-14-22/h5-14,23-27H,15-17H2,1-4H3/t23-,24-,25+,26-,27-,28?/m1/s1. The summed E-state index contributed by atoms with van der Waals surface area (Å²) in [6.45, 7) is 4.38. The molecule has 2 aliphatic heterocycles. The summed E-state index contributed by atoms with van der Waals surface area (Å²) in [6, 6.07) is 18.1. The van der Waals surface area contributed by atoms with Crippen LogP contribution in [0.2, 0.25) is 0 Å². The Morgan fingerprint density at radius 1 is 0.780 bits per heavy atom. The molecular formula is C28H33O12P. The fourth-order valence-corrected chi connectivity index (χ4v) is 6.12. The molecule has 2 aromatic carbocycles. The zero-order chi connectivity index (χ0) is 29.6. The average molecular weight is 593 g/mol. The van der Waals surface area contributed by atoms with Gasteiger partial charge in [-0.1, -0.05) is 60.7 Å². The first kappa shape index (κ1) is 30.8. The fraction of sp³-hybridized carbons (Fsp3) is 0.464. The SMILES string of the molecule is CC(=O)OC[C@H]1O[C@@H]2OC(C)(P(=O)(OCc3ccccc3)OCc3ccccc3)O[C@@H]2[C@@H](OC(C)=O)[C@@H]1OC(C)=O. The summed E-state index contributed by atoms with van der Waals surface area (Å²) in [5, 5.41) is 0. The molecule has 2 saturated heterocycles. The molecule has 2 aromatic rings. The van der Waals surface area contributed by atoms with Crippen molar-refractivity contribution < 1.29 is 56.4 Å². The van der Waals surface area contributed by atoms with Crippen molar-refractivity contribution in [2.75, 3.05) is 6.61 Å². The van der Waals surface area contributed by atoms with Crippen LogP contribution in [-0.4, -0.2) is 60.7 Å². The highest BCUT2D eigenvalue weighted by atomic mass is 31.2. The molecule has 0 aliphatic carbocycles. The molecule has 0 saturated carbocycles. The van der Waals surface area contributed by atoms with Gasteiger partial charge in [0.15, 0.2) is 24.6 Å². The van der Waals surface area contributed by atoms with Crippen LogP contribution in [0.4, 0.5) is 0 Å². The van der Waals surface area contributed by atoms with Crippen molar-refractivity contribution in [3.05, 3.63) is 71.8 Å². The molecule has 0 amide bonds. The van der Waals surface area contributed by atoms with Crippen LogP contribution in [-0.2, 0) is 69.6 Å². The number of esters is 3. The maximum atomic E-state index is 14.5. The molecule has 0 spiro atoms. The summed E-state index contributed by atoms with van der Waals surface area (Å²) in [7, 11) is -4.30. The molecule has 0 radical (unpaired) electrons. The lowest BCUT2D eigenvalue weighted by molar-refractivity contribution is -0.265. The number of carbonyl (C=O) groups excluding carboxylic acids is 3. The summed E-state index contributed by atoms with van der Waals surface area (Å²) in [6.07, 6.45) is -6.11. The van der Waals surface area contributed by atoms with Crippen LogP contribution in [0.15, 0.2) is 60.7 Å². The quantitative estimate of drug-likeness (QED) is 0.212. The predicted molar refractivity (Wildman–Crippen MR) is 141 cm³/mol. The van der Waals surface area contributed by atoms with Gasteiger partial charge in [0, 0.05) is 27.7 Å². The molecule has 2 fully saturated rings. The van der Waals surface area contributed by atoms with E-state index in [4.69, 9.17) is 37.5 Å². The van der Waals surface area contributed by atoms with E-state index in [9.17, 15) is 18.9 Å². The lowest BCUT2D eigenvalue weighted by atomic mass is 9.98. The van der Waals surface area contributed by atoms with Gasteiger partial charge < -0.3 is 37.5 Å². The Balaban J connectivity index is 1.65. The van der Waals surface area contributed by atoms with E-state index in [1.807, 2.05) is 36.4 Å². The van der Waals surface area contributed by atoms with E-state index in [0.29, 0.717) is 0 Å². The minimum atomic E-state index is -4.30. The Labute approximate surface area is 237 Å². The second kappa shape index (κ2) is 13.2. The highest BCUT2D eigenvalue weighted by molar-refractivity contribution is 7.55. The van der Waals surface area contributed by atoms with Crippen LogP contribution in [0.1, 0.15) is 38.8 Å². The summed E-state index contributed by atoms with van der Waals surface area (Å²) in [5.74, 6) is -2.02. The molecule has 1 unspecified atom stereocenters. The summed E-state index contributed by atoms with van der Waals surface area (Å²) in [4.78, 5) is 35.6. The highest BCUT2D eigenvalue weighted by Crippen LogP contribution is 2.65. The second-order valence-electron chi connectivity index (χ2n) is 9.61. The Morgan fingerprint density at radius 3 is 1.78 bits per heavy atom. The Morgan fingerprint density at radius 2 is 1.29 bits per heavy atom. The third-order valence-corrected chi connectivity index (χ3v) is 8.46. The average Bonchev–Trinajstić information content (AvgIpc) is 3.29. The third kappa shape index (κ3) is 7.59. The molecule has 0 N–H and O–H groups in total. The minimum Gasteiger partial charge on any atom is -0.463 e. The number of hydrogen-bond donors (Lipinski definition) is 0. The third-order valence-electron chi connectivity index (χ3n) is 6.32. The second-order valence-corrected chi connectivity index (χ2v) is 11.9. The minimum absolute atomic E-state index is 0.0933. The Hall–Kier alpha value is -3.12. The van der Waals surface area contributed by atoms with Crippen molar-refractivity contribution in [1.82, 2.24) is 0 Å². The van der Waals surface area contributed by atoms with Gasteiger partial charge in [0.25, 0.3) is 5.53 Å². The predicted octanol–water partition coefficient (Wildman–Crippen LogP) is 3.85. The van der Waals surface area contributed by atoms with E-state index in [1.54, 1.807) is 24.3 Å². The van der Waals surface area contributed by atoms with Crippen LogP contribution < -0.4 is 0 Å². The van der Waals surface area contributed by atoms with Crippen molar-refractivity contribution in [3.8, 4) is 0 Å². The van der Waals surface area contributed by atoms with E-state index in [-0.39, 0.29) is 19.8 Å². The van der Waals surface area contributed by atoms with Crippen molar-refractivity contribution in [3.63, 3.8) is 0 Å². The number of carbonyl (C=O) groups is 3. The van der Waals surface area contributed by atoms with Gasteiger partial charge in [-0.15, -0.1) is 0 Å². The number of rotatable bonds is 11. The zero-order valence-corrected chi connectivity index (χ0v) is 24.0. The van der Waals surface area contributed by atoms with Gasteiger partial charge in [0.05, 0.1) is 13.2 Å². The molecule has 12 nitrogen and oxygen atoms in total. The number of ether oxygens (including phenoxy) is 6. The Bertz CT molecular complexity index is 1210. The van der Waals surface area contributed by atoms with Crippen molar-refractivity contribution in [2.45, 2.75) is 77.1 Å². The molecule has 2 aliphatic rings. The van der Waals surface area contributed by atoms with Crippen molar-refractivity contribution in [1.29, 1.82) is 0 Å². The highest BCUT2D eigenvalue weighted by Gasteiger charge is 2.65. The maximum absolute atomic E-state index is 14.5. The molecule has 4 rings (SSSR count). The van der Waals surface area contributed by atoms with Crippen LogP contribution in [0.5, 0.6) is 0 Å². The number of fused-ring (bicyclic) bond motifs is 1. The van der Waals surface area contributed by atoms with Gasteiger partial charge in [-0.25, -0.2) is 0 Å². The lowest BCUT2D eigenvalue weighted by Gasteiger charge is -2.40. The van der Waals surface area contributed by atoms with Gasteiger partial charge in [0.1, 0.15) is 12.7 Å². The Kier molecular flexibility index (Phi) is 9.96.